The molecule has 0 saturated heterocycles. The van der Waals surface area contributed by atoms with E-state index in [1.54, 1.807) is 0 Å². The molecule has 0 spiro atoms. The molecule has 1 aliphatic heterocycles. The van der Waals surface area contributed by atoms with Crippen LogP contribution in [0, 0.1) is 5.92 Å². The number of hydrogen-bond donors (Lipinski definition) is 1. The zero-order valence-electron chi connectivity index (χ0n) is 10.4. The summed E-state index contributed by atoms with van der Waals surface area (Å²) in [4.78, 5) is 0. The molecule has 92 valence electrons. The first kappa shape index (κ1) is 11.1. The Bertz CT molecular complexity index is 385. The molecule has 2 aliphatic rings. The average molecular weight is 231 g/mol. The van der Waals surface area contributed by atoms with Gasteiger partial charge in [-0.25, -0.2) is 0 Å². The van der Waals surface area contributed by atoms with Gasteiger partial charge >= 0.3 is 0 Å². The molecule has 1 saturated carbocycles. The van der Waals surface area contributed by atoms with E-state index < -0.39 is 0 Å². The van der Waals surface area contributed by atoms with E-state index in [0.717, 1.165) is 37.8 Å². The van der Waals surface area contributed by atoms with Crippen molar-refractivity contribution in [2.24, 2.45) is 5.92 Å². The van der Waals surface area contributed by atoms with Gasteiger partial charge in [0.25, 0.3) is 0 Å². The van der Waals surface area contributed by atoms with Crippen LogP contribution in [0.1, 0.15) is 36.8 Å². The molecule has 1 aromatic carbocycles. The Morgan fingerprint density at radius 3 is 3.06 bits per heavy atom. The smallest absolute Gasteiger partial charge is 0.122 e. The normalized spacial score (nSPS) is 18.6. The van der Waals surface area contributed by atoms with Gasteiger partial charge in [0.2, 0.25) is 0 Å². The summed E-state index contributed by atoms with van der Waals surface area (Å²) in [6.07, 6.45) is 6.80. The Morgan fingerprint density at radius 1 is 1.29 bits per heavy atom. The highest BCUT2D eigenvalue weighted by Gasteiger charge is 2.16. The van der Waals surface area contributed by atoms with Crippen LogP contribution in [-0.2, 0) is 13.0 Å². The Hall–Kier alpha value is -1.02. The van der Waals surface area contributed by atoms with Crippen LogP contribution in [0.25, 0.3) is 0 Å². The number of nitrogens with one attached hydrogen (secondary N) is 1. The third-order valence-corrected chi connectivity index (χ3v) is 4.04. The third-order valence-electron chi connectivity index (χ3n) is 4.04. The zero-order chi connectivity index (χ0) is 11.5. The Labute approximate surface area is 103 Å². The number of hydrogen-bond acceptors (Lipinski definition) is 2. The van der Waals surface area contributed by atoms with Gasteiger partial charge < -0.3 is 10.1 Å². The Morgan fingerprint density at radius 2 is 2.24 bits per heavy atom. The highest BCUT2D eigenvalue weighted by Crippen LogP contribution is 2.29. The van der Waals surface area contributed by atoms with Gasteiger partial charge in [-0.3, -0.25) is 0 Å². The van der Waals surface area contributed by atoms with E-state index in [2.05, 4.69) is 23.5 Å². The van der Waals surface area contributed by atoms with Crippen LogP contribution in [0.5, 0.6) is 5.75 Å². The molecule has 1 fully saturated rings. The summed E-state index contributed by atoms with van der Waals surface area (Å²) >= 11 is 0. The molecule has 1 N–H and O–H groups in total. The van der Waals surface area contributed by atoms with Crippen LogP contribution in [-0.4, -0.2) is 13.2 Å². The topological polar surface area (TPSA) is 21.3 Å². The molecule has 0 aromatic heterocycles. The Kier molecular flexibility index (Phi) is 3.32. The minimum atomic E-state index is 0.855. The second-order valence-corrected chi connectivity index (χ2v) is 5.30. The number of ether oxygens (including phenoxy) is 1. The van der Waals surface area contributed by atoms with Crippen LogP contribution in [0.4, 0.5) is 0 Å². The van der Waals surface area contributed by atoms with E-state index in [1.165, 1.54) is 36.8 Å². The second-order valence-electron chi connectivity index (χ2n) is 5.30. The summed E-state index contributed by atoms with van der Waals surface area (Å²) in [6.45, 7) is 3.02. The molecule has 0 radical (unpaired) electrons. The standard InChI is InChI=1S/C15H21NO/c1-2-12(3-1)6-8-16-11-13-4-5-15-14(10-13)7-9-17-15/h4-5,10,12,16H,1-3,6-9,11H2. The van der Waals surface area contributed by atoms with E-state index in [9.17, 15) is 0 Å². The van der Waals surface area contributed by atoms with E-state index in [-0.39, 0.29) is 0 Å². The van der Waals surface area contributed by atoms with Crippen molar-refractivity contribution in [2.45, 2.75) is 38.6 Å². The van der Waals surface area contributed by atoms with Crippen molar-refractivity contribution in [3.8, 4) is 5.75 Å². The van der Waals surface area contributed by atoms with Gasteiger partial charge in [0, 0.05) is 13.0 Å². The van der Waals surface area contributed by atoms with Crippen molar-refractivity contribution in [1.82, 2.24) is 5.32 Å². The number of benzene rings is 1. The quantitative estimate of drug-likeness (QED) is 0.787. The number of fused-ring (bicyclic) bond motifs is 1. The monoisotopic (exact) mass is 231 g/mol. The molecule has 2 heteroatoms. The molecular formula is C15H21NO. The van der Waals surface area contributed by atoms with E-state index in [1.807, 2.05) is 0 Å². The van der Waals surface area contributed by atoms with Crippen molar-refractivity contribution < 1.29 is 4.74 Å². The molecule has 17 heavy (non-hydrogen) atoms. The lowest BCUT2D eigenvalue weighted by Gasteiger charge is -2.25. The summed E-state index contributed by atoms with van der Waals surface area (Å²) in [5, 5.41) is 3.55. The lowest BCUT2D eigenvalue weighted by Crippen LogP contribution is -2.21. The van der Waals surface area contributed by atoms with Crippen molar-refractivity contribution in [3.05, 3.63) is 29.3 Å². The fourth-order valence-electron chi connectivity index (χ4n) is 2.67. The van der Waals surface area contributed by atoms with Gasteiger partial charge in [0.15, 0.2) is 0 Å². The average Bonchev–Trinajstić information content (AvgIpc) is 2.73. The fraction of sp³-hybridized carbons (Fsp3) is 0.600. The molecule has 2 nitrogen and oxygen atoms in total. The zero-order valence-corrected chi connectivity index (χ0v) is 10.4. The van der Waals surface area contributed by atoms with Crippen molar-refractivity contribution in [1.29, 1.82) is 0 Å². The molecule has 0 unspecified atom stereocenters. The SMILES string of the molecule is c1cc2c(cc1CNCCC1CCC1)CCO2. The maximum Gasteiger partial charge on any atom is 0.122 e. The van der Waals surface area contributed by atoms with Crippen molar-refractivity contribution >= 4 is 0 Å². The first-order chi connectivity index (χ1) is 8.42. The molecular weight excluding hydrogens is 210 g/mol. The lowest BCUT2D eigenvalue weighted by molar-refractivity contribution is 0.292. The molecule has 1 aliphatic carbocycles. The summed E-state index contributed by atoms with van der Waals surface area (Å²) in [5.41, 5.74) is 2.77. The summed E-state index contributed by atoms with van der Waals surface area (Å²) in [6, 6.07) is 6.59. The van der Waals surface area contributed by atoms with Gasteiger partial charge in [-0.1, -0.05) is 31.4 Å². The summed E-state index contributed by atoms with van der Waals surface area (Å²) in [5.74, 6) is 2.10. The van der Waals surface area contributed by atoms with Crippen LogP contribution < -0.4 is 10.1 Å². The van der Waals surface area contributed by atoms with Crippen LogP contribution in [0.3, 0.4) is 0 Å². The molecule has 0 atom stereocenters. The van der Waals surface area contributed by atoms with Crippen molar-refractivity contribution in [3.63, 3.8) is 0 Å². The van der Waals surface area contributed by atoms with Crippen LogP contribution >= 0.6 is 0 Å². The molecule has 0 amide bonds. The predicted octanol–water partition coefficient (Wildman–Crippen LogP) is 2.90. The van der Waals surface area contributed by atoms with Gasteiger partial charge in [0.1, 0.15) is 5.75 Å². The second kappa shape index (κ2) is 5.09. The van der Waals surface area contributed by atoms with E-state index >= 15 is 0 Å². The minimum absolute atomic E-state index is 0.855. The van der Waals surface area contributed by atoms with Crippen molar-refractivity contribution in [2.75, 3.05) is 13.2 Å². The Balaban J connectivity index is 1.44. The van der Waals surface area contributed by atoms with E-state index in [4.69, 9.17) is 4.74 Å². The molecule has 1 aromatic rings. The molecule has 3 rings (SSSR count). The summed E-state index contributed by atoms with van der Waals surface area (Å²) in [7, 11) is 0. The van der Waals surface area contributed by atoms with Gasteiger partial charge in [0.05, 0.1) is 6.61 Å². The lowest BCUT2D eigenvalue weighted by atomic mass is 9.83. The maximum absolute atomic E-state index is 5.51. The highest BCUT2D eigenvalue weighted by atomic mass is 16.5. The minimum Gasteiger partial charge on any atom is -0.493 e. The van der Waals surface area contributed by atoms with Crippen LogP contribution in [0.15, 0.2) is 18.2 Å². The molecule has 1 heterocycles. The van der Waals surface area contributed by atoms with Gasteiger partial charge in [-0.2, -0.15) is 0 Å². The van der Waals surface area contributed by atoms with Gasteiger partial charge in [-0.05, 0) is 36.1 Å². The summed E-state index contributed by atoms with van der Waals surface area (Å²) < 4.78 is 5.51. The van der Waals surface area contributed by atoms with Crippen LogP contribution in [0.2, 0.25) is 0 Å². The largest absolute Gasteiger partial charge is 0.493 e. The first-order valence-corrected chi connectivity index (χ1v) is 6.87. The number of rotatable bonds is 5. The first-order valence-electron chi connectivity index (χ1n) is 6.87. The van der Waals surface area contributed by atoms with E-state index in [0.29, 0.717) is 0 Å². The maximum atomic E-state index is 5.51. The fourth-order valence-corrected chi connectivity index (χ4v) is 2.67. The highest BCUT2D eigenvalue weighted by molar-refractivity contribution is 5.39. The third kappa shape index (κ3) is 2.63. The van der Waals surface area contributed by atoms with Gasteiger partial charge in [-0.15, -0.1) is 0 Å². The predicted molar refractivity (Wildman–Crippen MR) is 69.3 cm³/mol. The molecule has 0 bridgehead atoms.